The molecule has 3 amide bonds. The number of rotatable bonds is 8. The number of nitrogens with zero attached hydrogens (tertiary/aromatic N) is 2. The summed E-state index contributed by atoms with van der Waals surface area (Å²) < 4.78 is 5.56. The van der Waals surface area contributed by atoms with Gasteiger partial charge in [0.05, 0.1) is 6.54 Å². The van der Waals surface area contributed by atoms with Crippen LogP contribution in [0.25, 0.3) is 43.2 Å². The number of piperidine rings is 2. The maximum Gasteiger partial charge on any atom is 0.408 e. The molecule has 2 bridgehead atoms. The number of carbonyl (C=O) groups is 3. The number of H-pyrrole nitrogens is 1. The second-order valence-electron chi connectivity index (χ2n) is 15.5. The lowest BCUT2D eigenvalue weighted by Crippen LogP contribution is -2.59. The molecule has 0 saturated carbocycles. The number of nitrogens with one attached hydrogen (secondary N) is 3. The van der Waals surface area contributed by atoms with Gasteiger partial charge in [0.25, 0.3) is 0 Å². The summed E-state index contributed by atoms with van der Waals surface area (Å²) in [5.41, 5.74) is 2.39. The van der Waals surface area contributed by atoms with Crippen LogP contribution >= 0.6 is 0 Å². The molecule has 0 aliphatic carbocycles. The van der Waals surface area contributed by atoms with Crippen molar-refractivity contribution in [3.05, 3.63) is 96.2 Å². The summed E-state index contributed by atoms with van der Waals surface area (Å²) in [6.07, 6.45) is 2.70. The first-order valence-electron chi connectivity index (χ1n) is 18.1. The van der Waals surface area contributed by atoms with Gasteiger partial charge in [0.2, 0.25) is 11.8 Å². The summed E-state index contributed by atoms with van der Waals surface area (Å²) in [5.74, 6) is 0.415. The molecule has 9 nitrogen and oxygen atoms in total. The van der Waals surface area contributed by atoms with Crippen LogP contribution < -0.4 is 10.6 Å². The monoisotopic (exact) mass is 683 g/mol. The van der Waals surface area contributed by atoms with Crippen molar-refractivity contribution in [1.29, 1.82) is 0 Å². The van der Waals surface area contributed by atoms with E-state index in [2.05, 4.69) is 75.1 Å². The SMILES string of the molecule is CC(C)(C)OC(=O)N[C@@H](Cc1c[nH]c2ccccc12)C(=O)N1CC2CC(CN(CC(=O)NCc3ccc4ccc5cccc6ccc3c4c56)C2)C1. The molecule has 2 saturated heterocycles. The largest absolute Gasteiger partial charge is 0.444 e. The molecule has 3 N–H and O–H groups in total. The van der Waals surface area contributed by atoms with Gasteiger partial charge in [-0.25, -0.2) is 4.79 Å². The van der Waals surface area contributed by atoms with Crippen LogP contribution in [0.2, 0.25) is 0 Å². The molecule has 0 radical (unpaired) electrons. The lowest BCUT2D eigenvalue weighted by Gasteiger charge is -2.46. The van der Waals surface area contributed by atoms with Crippen molar-refractivity contribution in [3.8, 4) is 0 Å². The van der Waals surface area contributed by atoms with E-state index in [1.807, 2.05) is 56.1 Å². The van der Waals surface area contributed by atoms with E-state index in [1.165, 1.54) is 32.3 Å². The zero-order chi connectivity index (χ0) is 35.3. The van der Waals surface area contributed by atoms with Gasteiger partial charge in [-0.2, -0.15) is 0 Å². The first-order valence-corrected chi connectivity index (χ1v) is 18.1. The number of hydrogen-bond donors (Lipinski definition) is 3. The van der Waals surface area contributed by atoms with E-state index in [9.17, 15) is 14.4 Å². The van der Waals surface area contributed by atoms with Gasteiger partial charge in [-0.1, -0.05) is 72.8 Å². The topological polar surface area (TPSA) is 107 Å². The number of ether oxygens (including phenoxy) is 1. The van der Waals surface area contributed by atoms with Crippen molar-refractivity contribution in [2.45, 2.75) is 51.8 Å². The van der Waals surface area contributed by atoms with Gasteiger partial charge in [0.1, 0.15) is 11.6 Å². The smallest absolute Gasteiger partial charge is 0.408 e. The molecule has 2 aliphatic rings. The molecule has 8 rings (SSSR count). The Kier molecular flexibility index (Phi) is 8.54. The molecule has 6 aromatic rings. The van der Waals surface area contributed by atoms with E-state index in [-0.39, 0.29) is 23.7 Å². The number of para-hydroxylation sites is 1. The van der Waals surface area contributed by atoms with Gasteiger partial charge in [-0.05, 0) is 88.5 Å². The number of aromatic nitrogens is 1. The molecular formula is C42H45N5O4. The Balaban J connectivity index is 0.909. The van der Waals surface area contributed by atoms with E-state index in [4.69, 9.17) is 4.74 Å². The summed E-state index contributed by atoms with van der Waals surface area (Å²) in [6.45, 7) is 8.93. The first-order chi connectivity index (χ1) is 24.6. The molecule has 0 spiro atoms. The van der Waals surface area contributed by atoms with Crippen LogP contribution in [-0.4, -0.2) is 77.1 Å². The molecule has 5 aromatic carbocycles. The highest BCUT2D eigenvalue weighted by Crippen LogP contribution is 2.36. The molecule has 9 heteroatoms. The number of alkyl carbamates (subject to hydrolysis) is 1. The number of carbonyl (C=O) groups excluding carboxylic acids is 3. The van der Waals surface area contributed by atoms with Crippen molar-refractivity contribution < 1.29 is 19.1 Å². The average Bonchev–Trinajstić information content (AvgIpc) is 3.50. The fraction of sp³-hybridized carbons (Fsp3) is 0.357. The first kappa shape index (κ1) is 33.0. The minimum absolute atomic E-state index is 0.00829. The number of benzene rings is 5. The molecule has 1 aromatic heterocycles. The lowest BCUT2D eigenvalue weighted by atomic mass is 9.84. The molecule has 2 unspecified atom stereocenters. The summed E-state index contributed by atoms with van der Waals surface area (Å²) >= 11 is 0. The van der Waals surface area contributed by atoms with Gasteiger partial charge in [0.15, 0.2) is 0 Å². The van der Waals surface area contributed by atoms with Crippen LogP contribution in [0.4, 0.5) is 4.79 Å². The Bertz CT molecular complexity index is 2220. The third-order valence-electron chi connectivity index (χ3n) is 10.5. The van der Waals surface area contributed by atoms with E-state index >= 15 is 0 Å². The Morgan fingerprint density at radius 2 is 1.49 bits per heavy atom. The summed E-state index contributed by atoms with van der Waals surface area (Å²) in [6, 6.07) is 26.6. The van der Waals surface area contributed by atoms with Crippen molar-refractivity contribution in [3.63, 3.8) is 0 Å². The fourth-order valence-corrected chi connectivity index (χ4v) is 8.49. The van der Waals surface area contributed by atoms with Crippen LogP contribution in [0.15, 0.2) is 85.1 Å². The summed E-state index contributed by atoms with van der Waals surface area (Å²) in [4.78, 5) is 47.8. The normalized spacial score (nSPS) is 18.8. The molecule has 2 fully saturated rings. The Morgan fingerprint density at radius 1 is 0.804 bits per heavy atom. The fourth-order valence-electron chi connectivity index (χ4n) is 8.49. The second kappa shape index (κ2) is 13.2. The summed E-state index contributed by atoms with van der Waals surface area (Å²) in [5, 5.41) is 14.5. The zero-order valence-corrected chi connectivity index (χ0v) is 29.5. The average molecular weight is 684 g/mol. The standard InChI is InChI=1S/C42H45N5O4/c1-42(2,3)51-41(50)45-36(18-32-20-43-35-10-5-4-9-33(32)35)40(49)47-23-26-17-27(24-47)22-46(21-26)25-37(48)44-19-31-14-13-30-12-11-28-7-6-8-29-15-16-34(31)39(30)38(28)29/h4-16,20,26-27,36,43H,17-19,21-25H2,1-3H3,(H,44,48)(H,45,50)/t26?,27?,36-/m0/s1. The Hall–Kier alpha value is -5.15. The molecule has 2 aliphatic heterocycles. The second-order valence-corrected chi connectivity index (χ2v) is 15.5. The lowest BCUT2D eigenvalue weighted by molar-refractivity contribution is -0.138. The number of fused-ring (bicyclic) bond motifs is 3. The van der Waals surface area contributed by atoms with E-state index in [0.29, 0.717) is 32.6 Å². The minimum atomic E-state index is -0.764. The molecule has 262 valence electrons. The highest BCUT2D eigenvalue weighted by Gasteiger charge is 2.39. The van der Waals surface area contributed by atoms with Crippen LogP contribution in [0.1, 0.15) is 38.3 Å². The molecule has 51 heavy (non-hydrogen) atoms. The zero-order valence-electron chi connectivity index (χ0n) is 29.5. The number of hydrogen-bond acceptors (Lipinski definition) is 5. The van der Waals surface area contributed by atoms with Gasteiger partial charge >= 0.3 is 6.09 Å². The van der Waals surface area contributed by atoms with E-state index in [0.717, 1.165) is 41.5 Å². The van der Waals surface area contributed by atoms with Crippen molar-refractivity contribution >= 4 is 61.1 Å². The summed E-state index contributed by atoms with van der Waals surface area (Å²) in [7, 11) is 0. The van der Waals surface area contributed by atoms with Gasteiger partial charge in [0, 0.05) is 56.2 Å². The van der Waals surface area contributed by atoms with E-state index in [1.54, 1.807) is 0 Å². The van der Waals surface area contributed by atoms with Crippen molar-refractivity contribution in [1.82, 2.24) is 25.4 Å². The van der Waals surface area contributed by atoms with E-state index < -0.39 is 17.7 Å². The third kappa shape index (κ3) is 6.82. The van der Waals surface area contributed by atoms with Gasteiger partial charge in [-0.15, -0.1) is 0 Å². The van der Waals surface area contributed by atoms with Crippen LogP contribution in [0, 0.1) is 11.8 Å². The van der Waals surface area contributed by atoms with Gasteiger partial charge < -0.3 is 25.3 Å². The maximum atomic E-state index is 14.1. The third-order valence-corrected chi connectivity index (χ3v) is 10.5. The van der Waals surface area contributed by atoms with Crippen LogP contribution in [0.3, 0.4) is 0 Å². The number of likely N-dealkylation sites (tertiary alicyclic amines) is 2. The number of aromatic amines is 1. The highest BCUT2D eigenvalue weighted by molar-refractivity contribution is 6.23. The minimum Gasteiger partial charge on any atom is -0.444 e. The van der Waals surface area contributed by atoms with Crippen LogP contribution in [0.5, 0.6) is 0 Å². The quantitative estimate of drug-likeness (QED) is 0.157. The molecule has 3 atom stereocenters. The van der Waals surface area contributed by atoms with Crippen molar-refractivity contribution in [2.75, 3.05) is 32.7 Å². The highest BCUT2D eigenvalue weighted by atomic mass is 16.6. The Labute approximate surface area is 297 Å². The molecular weight excluding hydrogens is 638 g/mol. The maximum absolute atomic E-state index is 14.1. The predicted molar refractivity (Wildman–Crippen MR) is 202 cm³/mol. The van der Waals surface area contributed by atoms with Crippen molar-refractivity contribution in [2.24, 2.45) is 11.8 Å². The number of amides is 3. The van der Waals surface area contributed by atoms with Crippen LogP contribution in [-0.2, 0) is 27.3 Å². The van der Waals surface area contributed by atoms with Gasteiger partial charge in [-0.3, -0.25) is 14.5 Å². The predicted octanol–water partition coefficient (Wildman–Crippen LogP) is 6.60. The Morgan fingerprint density at radius 3 is 2.24 bits per heavy atom. The molecule has 3 heterocycles.